The van der Waals surface area contributed by atoms with Gasteiger partial charge in [0.2, 0.25) is 5.91 Å². The SMILES string of the molecule is CNC(C(=O)NCC(C)(C)c1cccc(C)c1)c1cnn(C)c1.Cl. The highest BCUT2D eigenvalue weighted by molar-refractivity contribution is 5.85. The molecule has 0 aliphatic rings. The third-order valence-electron chi connectivity index (χ3n) is 4.11. The van der Waals surface area contributed by atoms with E-state index in [1.807, 2.05) is 13.2 Å². The van der Waals surface area contributed by atoms with Crippen molar-refractivity contribution in [3.8, 4) is 0 Å². The van der Waals surface area contributed by atoms with Gasteiger partial charge in [-0.15, -0.1) is 12.4 Å². The van der Waals surface area contributed by atoms with Crippen LogP contribution in [-0.4, -0.2) is 29.3 Å². The highest BCUT2D eigenvalue weighted by Gasteiger charge is 2.25. The zero-order chi connectivity index (χ0) is 17.0. The molecule has 0 radical (unpaired) electrons. The molecule has 0 aliphatic heterocycles. The molecule has 1 atom stereocenters. The number of halogens is 1. The molecule has 24 heavy (non-hydrogen) atoms. The van der Waals surface area contributed by atoms with Crippen molar-refractivity contribution in [3.63, 3.8) is 0 Å². The van der Waals surface area contributed by atoms with E-state index >= 15 is 0 Å². The van der Waals surface area contributed by atoms with Gasteiger partial charge in [-0.25, -0.2) is 0 Å². The minimum atomic E-state index is -0.392. The summed E-state index contributed by atoms with van der Waals surface area (Å²) in [5.74, 6) is -0.0405. The van der Waals surface area contributed by atoms with Gasteiger partial charge in [-0.2, -0.15) is 5.10 Å². The first kappa shape index (κ1) is 20.2. The molecule has 0 saturated carbocycles. The van der Waals surface area contributed by atoms with Crippen molar-refractivity contribution < 1.29 is 4.79 Å². The Bertz CT molecular complexity index is 681. The number of amides is 1. The topological polar surface area (TPSA) is 59.0 Å². The Labute approximate surface area is 150 Å². The fraction of sp³-hybridized carbons (Fsp3) is 0.444. The zero-order valence-electron chi connectivity index (χ0n) is 15.0. The molecule has 2 N–H and O–H groups in total. The van der Waals surface area contributed by atoms with Gasteiger partial charge in [0, 0.05) is 30.8 Å². The molecule has 1 aromatic heterocycles. The number of carbonyl (C=O) groups excluding carboxylic acids is 1. The maximum Gasteiger partial charge on any atom is 0.241 e. The predicted octanol–water partition coefficient (Wildman–Crippen LogP) is 2.50. The fourth-order valence-corrected chi connectivity index (χ4v) is 2.62. The molecule has 1 heterocycles. The molecule has 5 nitrogen and oxygen atoms in total. The number of aromatic nitrogens is 2. The molecular weight excluding hydrogens is 324 g/mol. The lowest BCUT2D eigenvalue weighted by Crippen LogP contribution is -2.42. The highest BCUT2D eigenvalue weighted by atomic mass is 35.5. The number of benzene rings is 1. The van der Waals surface area contributed by atoms with Crippen molar-refractivity contribution >= 4 is 18.3 Å². The molecule has 2 aromatic rings. The monoisotopic (exact) mass is 350 g/mol. The van der Waals surface area contributed by atoms with Crippen LogP contribution in [0.5, 0.6) is 0 Å². The number of aryl methyl sites for hydroxylation is 2. The van der Waals surface area contributed by atoms with Crippen LogP contribution >= 0.6 is 12.4 Å². The molecule has 1 aromatic carbocycles. The standard InChI is InChI=1S/C18H26N4O.ClH/c1-13-7-6-8-15(9-13)18(2,3)12-20-17(23)16(19-4)14-10-21-22(5)11-14;/h6-11,16,19H,12H2,1-5H3,(H,20,23);1H. The van der Waals surface area contributed by atoms with Gasteiger partial charge in [0.1, 0.15) is 6.04 Å². The Morgan fingerprint density at radius 3 is 2.62 bits per heavy atom. The van der Waals surface area contributed by atoms with Crippen LogP contribution < -0.4 is 10.6 Å². The summed E-state index contributed by atoms with van der Waals surface area (Å²) in [5, 5.41) is 10.2. The van der Waals surface area contributed by atoms with Crippen LogP contribution in [0.1, 0.15) is 36.6 Å². The van der Waals surface area contributed by atoms with Crippen molar-refractivity contribution in [1.82, 2.24) is 20.4 Å². The summed E-state index contributed by atoms with van der Waals surface area (Å²) in [5.41, 5.74) is 3.18. The van der Waals surface area contributed by atoms with Crippen LogP contribution in [0.2, 0.25) is 0 Å². The average molecular weight is 351 g/mol. The number of hydrogen-bond acceptors (Lipinski definition) is 3. The van der Waals surface area contributed by atoms with E-state index in [0.29, 0.717) is 6.54 Å². The minimum absolute atomic E-state index is 0. The van der Waals surface area contributed by atoms with Crippen LogP contribution in [0.4, 0.5) is 0 Å². The maximum atomic E-state index is 12.5. The molecular formula is C18H27ClN4O. The molecule has 2 rings (SSSR count). The number of likely N-dealkylation sites (N-methyl/N-ethyl adjacent to an activating group) is 1. The smallest absolute Gasteiger partial charge is 0.241 e. The van der Waals surface area contributed by atoms with E-state index in [1.165, 1.54) is 11.1 Å². The molecule has 0 spiro atoms. The van der Waals surface area contributed by atoms with Crippen molar-refractivity contribution in [2.24, 2.45) is 7.05 Å². The highest BCUT2D eigenvalue weighted by Crippen LogP contribution is 2.23. The molecule has 1 amide bonds. The summed E-state index contributed by atoms with van der Waals surface area (Å²) in [6, 6.07) is 8.02. The van der Waals surface area contributed by atoms with Gasteiger partial charge in [0.15, 0.2) is 0 Å². The van der Waals surface area contributed by atoms with Gasteiger partial charge in [-0.3, -0.25) is 9.48 Å². The quantitative estimate of drug-likeness (QED) is 0.841. The van der Waals surface area contributed by atoms with Gasteiger partial charge < -0.3 is 10.6 Å². The molecule has 6 heteroatoms. The summed E-state index contributed by atoms with van der Waals surface area (Å²) in [7, 11) is 3.62. The number of nitrogens with zero attached hydrogens (tertiary/aromatic N) is 2. The van der Waals surface area contributed by atoms with E-state index in [0.717, 1.165) is 5.56 Å². The van der Waals surface area contributed by atoms with Gasteiger partial charge in [0.05, 0.1) is 6.20 Å². The van der Waals surface area contributed by atoms with Crippen LogP contribution in [0, 0.1) is 6.92 Å². The second-order valence-corrected chi connectivity index (χ2v) is 6.64. The van der Waals surface area contributed by atoms with Gasteiger partial charge in [-0.1, -0.05) is 43.7 Å². The summed E-state index contributed by atoms with van der Waals surface area (Å²) >= 11 is 0. The van der Waals surface area contributed by atoms with Gasteiger partial charge in [0.25, 0.3) is 0 Å². The predicted molar refractivity (Wildman–Crippen MR) is 99.5 cm³/mol. The first-order valence-corrected chi connectivity index (χ1v) is 7.84. The van der Waals surface area contributed by atoms with Crippen LogP contribution in [0.15, 0.2) is 36.7 Å². The lowest BCUT2D eigenvalue weighted by Gasteiger charge is -2.27. The van der Waals surface area contributed by atoms with E-state index in [1.54, 1.807) is 17.9 Å². The summed E-state index contributed by atoms with van der Waals surface area (Å²) in [6.07, 6.45) is 3.57. The number of nitrogens with one attached hydrogen (secondary N) is 2. The lowest BCUT2D eigenvalue weighted by molar-refractivity contribution is -0.123. The zero-order valence-corrected chi connectivity index (χ0v) is 15.8. The summed E-state index contributed by atoms with van der Waals surface area (Å²) in [4.78, 5) is 12.5. The van der Waals surface area contributed by atoms with Crippen molar-refractivity contribution in [3.05, 3.63) is 53.3 Å². The van der Waals surface area contributed by atoms with Crippen LogP contribution in [-0.2, 0) is 17.3 Å². The van der Waals surface area contributed by atoms with Crippen LogP contribution in [0.3, 0.4) is 0 Å². The molecule has 0 aliphatic carbocycles. The van der Waals surface area contributed by atoms with Crippen LogP contribution in [0.25, 0.3) is 0 Å². The molecule has 0 fully saturated rings. The maximum absolute atomic E-state index is 12.5. The molecule has 132 valence electrons. The van der Waals surface area contributed by atoms with E-state index in [9.17, 15) is 4.79 Å². The van der Waals surface area contributed by atoms with E-state index in [2.05, 4.69) is 60.8 Å². The third kappa shape index (κ3) is 4.82. The number of hydrogen-bond donors (Lipinski definition) is 2. The number of rotatable bonds is 6. The van der Waals surface area contributed by atoms with Gasteiger partial charge >= 0.3 is 0 Å². The Kier molecular flexibility index (Phi) is 6.99. The Morgan fingerprint density at radius 2 is 2.08 bits per heavy atom. The Balaban J connectivity index is 0.00000288. The van der Waals surface area contributed by atoms with E-state index < -0.39 is 6.04 Å². The van der Waals surface area contributed by atoms with Crippen molar-refractivity contribution in [2.75, 3.05) is 13.6 Å². The molecule has 1 unspecified atom stereocenters. The number of carbonyl (C=O) groups is 1. The Hall–Kier alpha value is -1.85. The lowest BCUT2D eigenvalue weighted by atomic mass is 9.84. The largest absolute Gasteiger partial charge is 0.354 e. The average Bonchev–Trinajstić information content (AvgIpc) is 2.92. The molecule has 0 saturated heterocycles. The van der Waals surface area contributed by atoms with E-state index in [-0.39, 0.29) is 23.7 Å². The fourth-order valence-electron chi connectivity index (χ4n) is 2.62. The second-order valence-electron chi connectivity index (χ2n) is 6.64. The summed E-state index contributed by atoms with van der Waals surface area (Å²) in [6.45, 7) is 6.94. The molecule has 0 bridgehead atoms. The van der Waals surface area contributed by atoms with E-state index in [4.69, 9.17) is 0 Å². The first-order valence-electron chi connectivity index (χ1n) is 7.84. The normalized spacial score (nSPS) is 12.4. The second kappa shape index (κ2) is 8.31. The van der Waals surface area contributed by atoms with Crippen molar-refractivity contribution in [1.29, 1.82) is 0 Å². The Morgan fingerprint density at radius 1 is 1.38 bits per heavy atom. The van der Waals surface area contributed by atoms with Crippen molar-refractivity contribution in [2.45, 2.75) is 32.2 Å². The minimum Gasteiger partial charge on any atom is -0.354 e. The summed E-state index contributed by atoms with van der Waals surface area (Å²) < 4.78 is 1.70. The van der Waals surface area contributed by atoms with Gasteiger partial charge in [-0.05, 0) is 19.5 Å². The third-order valence-corrected chi connectivity index (χ3v) is 4.11. The first-order chi connectivity index (χ1) is 10.8.